The van der Waals surface area contributed by atoms with Crippen LogP contribution in [0.1, 0.15) is 26.3 Å². The highest BCUT2D eigenvalue weighted by molar-refractivity contribution is 5.85. The summed E-state index contributed by atoms with van der Waals surface area (Å²) in [4.78, 5) is 6.13. The van der Waals surface area contributed by atoms with E-state index in [4.69, 9.17) is 10.00 Å². The summed E-state index contributed by atoms with van der Waals surface area (Å²) in [6.45, 7) is 15.8. The van der Waals surface area contributed by atoms with Gasteiger partial charge < -0.3 is 9.64 Å². The van der Waals surface area contributed by atoms with Crippen molar-refractivity contribution >= 4 is 17.7 Å². The highest BCUT2D eigenvalue weighted by Gasteiger charge is 2.09. The second kappa shape index (κ2) is 9.36. The molecule has 0 aliphatic rings. The maximum absolute atomic E-state index is 9.13. The van der Waals surface area contributed by atoms with Crippen LogP contribution in [-0.4, -0.2) is 26.4 Å². The van der Waals surface area contributed by atoms with Crippen LogP contribution >= 0.6 is 0 Å². The number of anilines is 1. The van der Waals surface area contributed by atoms with Gasteiger partial charge in [-0.2, -0.15) is 5.26 Å². The molecule has 0 spiro atoms. The van der Waals surface area contributed by atoms with Crippen LogP contribution in [0.4, 0.5) is 5.69 Å². The third-order valence-electron chi connectivity index (χ3n) is 3.77. The molecule has 0 fully saturated rings. The quantitative estimate of drug-likeness (QED) is 0.305. The zero-order valence-electron chi connectivity index (χ0n) is 15.0. The Kier molecular flexibility index (Phi) is 7.51. The summed E-state index contributed by atoms with van der Waals surface area (Å²) >= 11 is 0. The first-order chi connectivity index (χ1) is 11.5. The fourth-order valence-electron chi connectivity index (χ4n) is 2.22. The predicted octanol–water partition coefficient (Wildman–Crippen LogP) is 4.57. The first kappa shape index (κ1) is 19.2. The number of allylic oxidation sites excluding steroid dienone is 2. The maximum Gasteiger partial charge on any atom is 0.127 e. The Labute approximate surface area is 145 Å². The molecule has 0 aliphatic carbocycles. The summed E-state index contributed by atoms with van der Waals surface area (Å²) in [6, 6.07) is 10.1. The van der Waals surface area contributed by atoms with E-state index >= 15 is 0 Å². The van der Waals surface area contributed by atoms with Crippen molar-refractivity contribution in [1.82, 2.24) is 0 Å². The summed E-state index contributed by atoms with van der Waals surface area (Å²) in [6.07, 6.45) is 1.49. The Balaban J connectivity index is 2.89. The predicted molar refractivity (Wildman–Crippen MR) is 102 cm³/mol. The monoisotopic (exact) mass is 323 g/mol. The smallest absolute Gasteiger partial charge is 0.127 e. The Morgan fingerprint density at radius 2 is 1.83 bits per heavy atom. The molecule has 0 atom stereocenters. The van der Waals surface area contributed by atoms with Crippen molar-refractivity contribution in [2.45, 2.75) is 20.8 Å². The van der Waals surface area contributed by atoms with Gasteiger partial charge in [-0.15, -0.1) is 0 Å². The second-order valence-electron chi connectivity index (χ2n) is 5.21. The molecule has 4 heteroatoms. The van der Waals surface area contributed by atoms with Crippen LogP contribution in [0.25, 0.3) is 5.76 Å². The topological polar surface area (TPSA) is 48.6 Å². The molecule has 0 amide bonds. The van der Waals surface area contributed by atoms with Gasteiger partial charge in [0.25, 0.3) is 0 Å². The fraction of sp³-hybridized carbons (Fsp3) is 0.300. The molecule has 4 nitrogen and oxygen atoms in total. The molecule has 0 unspecified atom stereocenters. The molecular formula is C20H25N3O. The molecule has 1 aromatic carbocycles. The third-order valence-corrected chi connectivity index (χ3v) is 3.77. The van der Waals surface area contributed by atoms with E-state index in [0.717, 1.165) is 24.3 Å². The summed E-state index contributed by atoms with van der Waals surface area (Å²) in [7, 11) is 1.62. The van der Waals surface area contributed by atoms with E-state index in [1.807, 2.05) is 24.3 Å². The number of nitriles is 1. The molecule has 0 saturated carbocycles. The van der Waals surface area contributed by atoms with Crippen LogP contribution in [0.15, 0.2) is 59.3 Å². The van der Waals surface area contributed by atoms with Gasteiger partial charge in [-0.1, -0.05) is 13.2 Å². The van der Waals surface area contributed by atoms with E-state index in [0.29, 0.717) is 22.7 Å². The largest absolute Gasteiger partial charge is 0.458 e. The molecule has 0 aliphatic heterocycles. The molecule has 0 N–H and O–H groups in total. The molecule has 0 bridgehead atoms. The van der Waals surface area contributed by atoms with Crippen molar-refractivity contribution < 1.29 is 4.74 Å². The van der Waals surface area contributed by atoms with Crippen LogP contribution in [0.2, 0.25) is 0 Å². The number of rotatable bonds is 8. The van der Waals surface area contributed by atoms with Crippen molar-refractivity contribution in [1.29, 1.82) is 5.26 Å². The number of hydrogen-bond acceptors (Lipinski definition) is 4. The minimum atomic E-state index is 0.393. The van der Waals surface area contributed by atoms with Gasteiger partial charge in [0.05, 0.1) is 5.57 Å². The van der Waals surface area contributed by atoms with Crippen molar-refractivity contribution in [3.8, 4) is 6.07 Å². The lowest BCUT2D eigenvalue weighted by Gasteiger charge is -2.21. The summed E-state index contributed by atoms with van der Waals surface area (Å²) in [5, 5.41) is 9.13. The van der Waals surface area contributed by atoms with Crippen LogP contribution in [0, 0.1) is 11.3 Å². The molecular weight excluding hydrogens is 298 g/mol. The zero-order valence-corrected chi connectivity index (χ0v) is 15.0. The van der Waals surface area contributed by atoms with Crippen molar-refractivity contribution in [2.24, 2.45) is 4.99 Å². The molecule has 0 saturated heterocycles. The molecule has 0 aromatic heterocycles. The second-order valence-corrected chi connectivity index (χ2v) is 5.21. The normalized spacial score (nSPS) is 11.6. The average Bonchev–Trinajstić information content (AvgIpc) is 2.60. The maximum atomic E-state index is 9.13. The average molecular weight is 323 g/mol. The summed E-state index contributed by atoms with van der Waals surface area (Å²) in [5.74, 6) is 0.889. The fourth-order valence-corrected chi connectivity index (χ4v) is 2.22. The Bertz CT molecular complexity index is 687. The van der Waals surface area contributed by atoms with E-state index in [1.165, 1.54) is 6.21 Å². The Morgan fingerprint density at radius 1 is 1.25 bits per heavy atom. The number of ether oxygens (including phenoxy) is 1. The SMILES string of the molecule is C=C(OC(=C)c1ccc(N(CC)CC)cc1)/C(C)=C(\C#N)C=NC. The van der Waals surface area contributed by atoms with Gasteiger partial charge in [-0.05, 0) is 45.0 Å². The molecule has 0 heterocycles. The lowest BCUT2D eigenvalue weighted by molar-refractivity contribution is 0.396. The summed E-state index contributed by atoms with van der Waals surface area (Å²) in [5.41, 5.74) is 3.11. The minimum absolute atomic E-state index is 0.393. The van der Waals surface area contributed by atoms with Gasteiger partial charge in [0.1, 0.15) is 17.6 Å². The number of aliphatic imine (C=N–C) groups is 1. The van der Waals surface area contributed by atoms with Gasteiger partial charge in [-0.3, -0.25) is 4.99 Å². The van der Waals surface area contributed by atoms with Gasteiger partial charge in [0.15, 0.2) is 0 Å². The molecule has 24 heavy (non-hydrogen) atoms. The van der Waals surface area contributed by atoms with E-state index < -0.39 is 0 Å². The molecule has 1 aromatic rings. The van der Waals surface area contributed by atoms with Gasteiger partial charge in [0, 0.05) is 43.2 Å². The number of nitrogens with zero attached hydrogens (tertiary/aromatic N) is 3. The highest BCUT2D eigenvalue weighted by Crippen LogP contribution is 2.24. The lowest BCUT2D eigenvalue weighted by Crippen LogP contribution is -2.21. The van der Waals surface area contributed by atoms with Gasteiger partial charge in [-0.25, -0.2) is 0 Å². The van der Waals surface area contributed by atoms with E-state index in [-0.39, 0.29) is 0 Å². The standard InChI is InChI=1S/C20H25N3O/c1-7-23(8-2)20-11-9-18(10-12-20)17(5)24-16(4)15(3)19(13-21)14-22-6/h9-12,14H,4-5,7-8H2,1-3,6H3/b19-15+,22-14?. The van der Waals surface area contributed by atoms with Crippen LogP contribution in [0.3, 0.4) is 0 Å². The number of hydrogen-bond donors (Lipinski definition) is 0. The third kappa shape index (κ3) is 4.85. The van der Waals surface area contributed by atoms with E-state index in [1.54, 1.807) is 14.0 Å². The molecule has 126 valence electrons. The highest BCUT2D eigenvalue weighted by atomic mass is 16.5. The van der Waals surface area contributed by atoms with E-state index in [9.17, 15) is 0 Å². The van der Waals surface area contributed by atoms with E-state index in [2.05, 4.69) is 43.0 Å². The Morgan fingerprint density at radius 3 is 2.29 bits per heavy atom. The first-order valence-electron chi connectivity index (χ1n) is 7.92. The van der Waals surface area contributed by atoms with Crippen LogP contribution < -0.4 is 4.90 Å². The summed E-state index contributed by atoms with van der Waals surface area (Å²) < 4.78 is 5.71. The Hall–Kier alpha value is -2.80. The van der Waals surface area contributed by atoms with Gasteiger partial charge in [0.2, 0.25) is 0 Å². The molecule has 0 radical (unpaired) electrons. The van der Waals surface area contributed by atoms with Crippen molar-refractivity contribution in [2.75, 3.05) is 25.0 Å². The zero-order chi connectivity index (χ0) is 18.1. The van der Waals surface area contributed by atoms with Crippen LogP contribution in [-0.2, 0) is 4.74 Å². The lowest BCUT2D eigenvalue weighted by atomic mass is 10.1. The minimum Gasteiger partial charge on any atom is -0.458 e. The van der Waals surface area contributed by atoms with Gasteiger partial charge >= 0.3 is 0 Å². The molecule has 1 rings (SSSR count). The van der Waals surface area contributed by atoms with Crippen molar-refractivity contribution in [3.05, 3.63) is 59.9 Å². The van der Waals surface area contributed by atoms with Crippen LogP contribution in [0.5, 0.6) is 0 Å². The van der Waals surface area contributed by atoms with Crippen molar-refractivity contribution in [3.63, 3.8) is 0 Å². The first-order valence-corrected chi connectivity index (χ1v) is 7.92. The number of benzene rings is 1.